The fraction of sp³-hybridized carbons (Fsp3) is 0.455. The van der Waals surface area contributed by atoms with Crippen LogP contribution in [0.2, 0.25) is 0 Å². The summed E-state index contributed by atoms with van der Waals surface area (Å²) in [7, 11) is 0. The number of hydrogen-bond acceptors (Lipinski definition) is 4. The molecule has 0 spiro atoms. The van der Waals surface area contributed by atoms with Crippen LogP contribution in [0.4, 0.5) is 19.0 Å². The van der Waals surface area contributed by atoms with Gasteiger partial charge in [0, 0.05) is 25.2 Å². The number of anilines is 1. The van der Waals surface area contributed by atoms with Gasteiger partial charge in [-0.1, -0.05) is 6.08 Å². The largest absolute Gasteiger partial charge is 0.412 e. The van der Waals surface area contributed by atoms with Crippen LogP contribution in [-0.2, 0) is 6.54 Å². The minimum atomic E-state index is -4.22. The summed E-state index contributed by atoms with van der Waals surface area (Å²) in [5, 5.41) is 7.83. The zero-order chi connectivity index (χ0) is 13.2. The highest BCUT2D eigenvalue weighted by Crippen LogP contribution is 2.30. The predicted octanol–water partition coefficient (Wildman–Crippen LogP) is 1.63. The summed E-state index contributed by atoms with van der Waals surface area (Å²) < 4.78 is 37.3. The molecule has 0 aromatic carbocycles. The van der Waals surface area contributed by atoms with Crippen LogP contribution >= 0.6 is 0 Å². The Hall–Kier alpha value is -1.63. The van der Waals surface area contributed by atoms with Crippen LogP contribution < -0.4 is 10.6 Å². The van der Waals surface area contributed by atoms with E-state index in [2.05, 4.69) is 10.2 Å². The van der Waals surface area contributed by atoms with Crippen molar-refractivity contribution in [1.82, 2.24) is 10.2 Å². The van der Waals surface area contributed by atoms with E-state index in [1.807, 2.05) is 0 Å². The number of alkyl halides is 3. The van der Waals surface area contributed by atoms with Crippen LogP contribution in [0.3, 0.4) is 0 Å². The Morgan fingerprint density at radius 1 is 1.28 bits per heavy atom. The van der Waals surface area contributed by atoms with Gasteiger partial charge in [0.2, 0.25) is 0 Å². The smallest absolute Gasteiger partial charge is 0.351 e. The van der Waals surface area contributed by atoms with Crippen molar-refractivity contribution < 1.29 is 13.2 Å². The average Bonchev–Trinajstić information content (AvgIpc) is 2.38. The number of nitrogens with two attached hydrogens (primary N) is 1. The molecule has 98 valence electrons. The minimum Gasteiger partial charge on any atom is -0.351 e. The van der Waals surface area contributed by atoms with E-state index in [4.69, 9.17) is 5.73 Å². The van der Waals surface area contributed by atoms with Crippen molar-refractivity contribution in [3.8, 4) is 0 Å². The first-order chi connectivity index (χ1) is 8.50. The first-order valence-electron chi connectivity index (χ1n) is 5.54. The van der Waals surface area contributed by atoms with Crippen molar-refractivity contribution >= 4 is 5.82 Å². The number of nitrogens with zero attached hydrogens (tertiary/aromatic N) is 3. The average molecular weight is 258 g/mol. The Morgan fingerprint density at radius 2 is 2.06 bits per heavy atom. The Labute approximate surface area is 102 Å². The molecule has 1 aliphatic rings. The second-order valence-corrected chi connectivity index (χ2v) is 4.01. The van der Waals surface area contributed by atoms with Crippen molar-refractivity contribution in [2.75, 3.05) is 18.0 Å². The van der Waals surface area contributed by atoms with E-state index >= 15 is 0 Å². The standard InChI is InChI=1S/C11H13F3N4/c12-11(13,14)8-3-5-18(6-4-8)10-2-1-9(7-15)16-17-10/h1-3H,4-7,15H2. The van der Waals surface area contributed by atoms with Crippen LogP contribution in [0, 0.1) is 0 Å². The first-order valence-corrected chi connectivity index (χ1v) is 5.54. The highest BCUT2D eigenvalue weighted by molar-refractivity contribution is 5.40. The second kappa shape index (κ2) is 4.93. The maximum atomic E-state index is 12.4. The summed E-state index contributed by atoms with van der Waals surface area (Å²) in [6, 6.07) is 3.45. The molecule has 4 nitrogen and oxygen atoms in total. The highest BCUT2D eigenvalue weighted by atomic mass is 19.4. The number of aromatic nitrogens is 2. The summed E-state index contributed by atoms with van der Waals surface area (Å²) >= 11 is 0. The Morgan fingerprint density at radius 3 is 2.50 bits per heavy atom. The maximum Gasteiger partial charge on any atom is 0.412 e. The van der Waals surface area contributed by atoms with Gasteiger partial charge in [0.05, 0.1) is 5.69 Å². The summed E-state index contributed by atoms with van der Waals surface area (Å²) in [4.78, 5) is 1.75. The molecule has 0 amide bonds. The summed E-state index contributed by atoms with van der Waals surface area (Å²) in [6.45, 7) is 0.791. The first kappa shape index (κ1) is 12.8. The SMILES string of the molecule is NCc1ccc(N2CC=C(C(F)(F)F)CC2)nn1. The number of hydrogen-bond donors (Lipinski definition) is 1. The summed E-state index contributed by atoms with van der Waals surface area (Å²) in [6.07, 6.45) is -3.05. The van der Waals surface area contributed by atoms with Gasteiger partial charge in [-0.2, -0.15) is 18.3 Å². The van der Waals surface area contributed by atoms with Gasteiger partial charge in [0.1, 0.15) is 0 Å². The lowest BCUT2D eigenvalue weighted by Crippen LogP contribution is -2.32. The van der Waals surface area contributed by atoms with Gasteiger partial charge in [-0.05, 0) is 18.6 Å². The Kier molecular flexibility index (Phi) is 3.51. The molecule has 0 fully saturated rings. The van der Waals surface area contributed by atoms with E-state index in [1.165, 1.54) is 6.08 Å². The van der Waals surface area contributed by atoms with Gasteiger partial charge >= 0.3 is 6.18 Å². The molecule has 0 saturated carbocycles. The third kappa shape index (κ3) is 2.79. The second-order valence-electron chi connectivity index (χ2n) is 4.01. The molecule has 0 unspecified atom stereocenters. The Balaban J connectivity index is 2.07. The molecule has 0 saturated heterocycles. The molecule has 18 heavy (non-hydrogen) atoms. The van der Waals surface area contributed by atoms with Gasteiger partial charge in [-0.3, -0.25) is 0 Å². The van der Waals surface area contributed by atoms with Crippen molar-refractivity contribution in [2.45, 2.75) is 19.1 Å². The molecule has 1 aromatic rings. The lowest BCUT2D eigenvalue weighted by Gasteiger charge is -2.27. The van der Waals surface area contributed by atoms with Crippen LogP contribution in [0.25, 0.3) is 0 Å². The molecular formula is C11H13F3N4. The molecule has 2 rings (SSSR count). The molecule has 0 bridgehead atoms. The van der Waals surface area contributed by atoms with Gasteiger partial charge < -0.3 is 10.6 Å². The van der Waals surface area contributed by atoms with Crippen molar-refractivity contribution in [2.24, 2.45) is 5.73 Å². The fourth-order valence-electron chi connectivity index (χ4n) is 1.77. The van der Waals surface area contributed by atoms with Gasteiger partial charge in [-0.15, -0.1) is 5.10 Å². The molecular weight excluding hydrogens is 245 g/mol. The summed E-state index contributed by atoms with van der Waals surface area (Å²) in [5.41, 5.74) is 5.58. The van der Waals surface area contributed by atoms with E-state index in [-0.39, 0.29) is 13.0 Å². The third-order valence-corrected chi connectivity index (χ3v) is 2.81. The summed E-state index contributed by atoms with van der Waals surface area (Å²) in [5.74, 6) is 0.574. The van der Waals surface area contributed by atoms with E-state index in [9.17, 15) is 13.2 Å². The molecule has 1 aliphatic heterocycles. The normalized spacial score (nSPS) is 16.7. The molecule has 1 aromatic heterocycles. The molecule has 0 radical (unpaired) electrons. The van der Waals surface area contributed by atoms with Crippen molar-refractivity contribution in [3.63, 3.8) is 0 Å². The molecule has 2 N–H and O–H groups in total. The van der Waals surface area contributed by atoms with E-state index in [0.29, 0.717) is 24.6 Å². The number of rotatable bonds is 2. The van der Waals surface area contributed by atoms with Gasteiger partial charge in [-0.25, -0.2) is 0 Å². The third-order valence-electron chi connectivity index (χ3n) is 2.81. The molecule has 0 aliphatic carbocycles. The van der Waals surface area contributed by atoms with E-state index in [0.717, 1.165) is 0 Å². The zero-order valence-electron chi connectivity index (χ0n) is 9.61. The lowest BCUT2D eigenvalue weighted by atomic mass is 10.1. The van der Waals surface area contributed by atoms with Crippen molar-refractivity contribution in [1.29, 1.82) is 0 Å². The minimum absolute atomic E-state index is 0.0240. The van der Waals surface area contributed by atoms with Gasteiger partial charge in [0.25, 0.3) is 0 Å². The monoisotopic (exact) mass is 258 g/mol. The number of halogens is 3. The Bertz CT molecular complexity index is 439. The lowest BCUT2D eigenvalue weighted by molar-refractivity contribution is -0.0944. The van der Waals surface area contributed by atoms with Crippen molar-refractivity contribution in [3.05, 3.63) is 29.5 Å². The fourth-order valence-corrected chi connectivity index (χ4v) is 1.77. The topological polar surface area (TPSA) is 55.0 Å². The van der Waals surface area contributed by atoms with Crippen LogP contribution in [0.5, 0.6) is 0 Å². The predicted molar refractivity (Wildman–Crippen MR) is 60.9 cm³/mol. The molecule has 2 heterocycles. The van der Waals surface area contributed by atoms with E-state index in [1.54, 1.807) is 17.0 Å². The zero-order valence-corrected chi connectivity index (χ0v) is 9.61. The van der Waals surface area contributed by atoms with Crippen LogP contribution in [0.1, 0.15) is 12.1 Å². The maximum absolute atomic E-state index is 12.4. The quantitative estimate of drug-likeness (QED) is 0.819. The van der Waals surface area contributed by atoms with Crippen LogP contribution in [0.15, 0.2) is 23.8 Å². The van der Waals surface area contributed by atoms with Crippen LogP contribution in [-0.4, -0.2) is 29.5 Å². The van der Waals surface area contributed by atoms with Gasteiger partial charge in [0.15, 0.2) is 5.82 Å². The molecule has 7 heteroatoms. The molecule has 0 atom stereocenters. The highest BCUT2D eigenvalue weighted by Gasteiger charge is 2.34. The van der Waals surface area contributed by atoms with E-state index < -0.39 is 11.7 Å².